The van der Waals surface area contributed by atoms with Crippen molar-refractivity contribution >= 4 is 17.3 Å². The minimum Gasteiger partial charge on any atom is -0.489 e. The lowest BCUT2D eigenvalue weighted by molar-refractivity contribution is -0.231. The molecule has 9 atom stereocenters. The number of ketones is 2. The first-order valence-corrected chi connectivity index (χ1v) is 15.3. The number of rotatable bonds is 6. The second-order valence-corrected chi connectivity index (χ2v) is 13.5. The molecule has 3 saturated carbocycles. The molecule has 0 aromatic heterocycles. The van der Waals surface area contributed by atoms with Crippen molar-refractivity contribution in [3.63, 3.8) is 0 Å². The molecule has 1 heterocycles. The highest BCUT2D eigenvalue weighted by atomic mass is 19.1. The van der Waals surface area contributed by atoms with Crippen LogP contribution in [-0.2, 0) is 25.7 Å². The summed E-state index contributed by atoms with van der Waals surface area (Å²) in [5, 5.41) is 21.9. The molecule has 9 heteroatoms. The standard InChI is InChI=1S/C35H38FNO7/c1-32-13-12-24(39)15-22(32)8-11-26-27-16-30-35(29(41)18-38,33(27,2)17-28(40)34(26,32)36)44-31(43-30)21-6-9-25(10-7-21)42-19-20-4-3-5-23(37)14-20/h3-7,9-10,12-15,26-28,30-31,38,40H,8,11,16-19,37H2,1-2H3/t26-,27-,28-,30+,31+,32-,33-,34-,35+/m0/s1. The molecule has 4 fully saturated rings. The quantitative estimate of drug-likeness (QED) is 0.411. The molecular weight excluding hydrogens is 565 g/mol. The zero-order valence-corrected chi connectivity index (χ0v) is 24.9. The Morgan fingerprint density at radius 2 is 1.93 bits per heavy atom. The maximum Gasteiger partial charge on any atom is 0.193 e. The van der Waals surface area contributed by atoms with E-state index in [-0.39, 0.29) is 18.1 Å². The van der Waals surface area contributed by atoms with Gasteiger partial charge in [-0.1, -0.05) is 42.8 Å². The number of Topliss-reactive ketones (excluding diaryl/α,β-unsaturated/α-hetero) is 1. The Bertz CT molecular complexity index is 1570. The molecule has 0 spiro atoms. The maximum atomic E-state index is 17.5. The number of ether oxygens (including phenoxy) is 3. The van der Waals surface area contributed by atoms with E-state index in [0.29, 0.717) is 48.4 Å². The Kier molecular flexibility index (Phi) is 6.72. The van der Waals surface area contributed by atoms with Crippen LogP contribution in [0.25, 0.3) is 0 Å². The minimum absolute atomic E-state index is 0.0512. The van der Waals surface area contributed by atoms with Gasteiger partial charge in [0.25, 0.3) is 0 Å². The van der Waals surface area contributed by atoms with E-state index in [1.165, 1.54) is 12.2 Å². The molecule has 44 heavy (non-hydrogen) atoms. The van der Waals surface area contributed by atoms with Crippen LogP contribution in [-0.4, -0.2) is 51.9 Å². The molecule has 2 aromatic carbocycles. The van der Waals surface area contributed by atoms with Crippen molar-refractivity contribution in [3.05, 3.63) is 83.5 Å². The average Bonchev–Trinajstić information content (AvgIpc) is 3.50. The first-order valence-electron chi connectivity index (χ1n) is 15.3. The third-order valence-electron chi connectivity index (χ3n) is 11.4. The first kappa shape index (κ1) is 29.3. The summed E-state index contributed by atoms with van der Waals surface area (Å²) in [5.41, 5.74) is 3.09. The Labute approximate surface area is 255 Å². The van der Waals surface area contributed by atoms with Crippen LogP contribution in [0, 0.1) is 22.7 Å². The van der Waals surface area contributed by atoms with Crippen LogP contribution in [0.3, 0.4) is 0 Å². The smallest absolute Gasteiger partial charge is 0.193 e. The molecule has 0 amide bonds. The zero-order valence-electron chi connectivity index (χ0n) is 24.9. The van der Waals surface area contributed by atoms with Gasteiger partial charge < -0.3 is 30.2 Å². The fourth-order valence-electron chi connectivity index (χ4n) is 9.29. The Balaban J connectivity index is 1.16. The number of hydrogen-bond acceptors (Lipinski definition) is 8. The molecule has 0 unspecified atom stereocenters. The number of aliphatic hydroxyl groups is 2. The molecule has 4 N–H and O–H groups in total. The predicted octanol–water partition coefficient (Wildman–Crippen LogP) is 4.54. The summed E-state index contributed by atoms with van der Waals surface area (Å²) in [6.45, 7) is 3.22. The van der Waals surface area contributed by atoms with Gasteiger partial charge in [-0.2, -0.15) is 0 Å². The van der Waals surface area contributed by atoms with Crippen molar-refractivity contribution in [3.8, 4) is 5.75 Å². The first-order chi connectivity index (χ1) is 21.0. The fraction of sp³-hybridized carbons (Fsp3) is 0.486. The van der Waals surface area contributed by atoms with Crippen LogP contribution in [0.1, 0.15) is 56.9 Å². The van der Waals surface area contributed by atoms with E-state index in [2.05, 4.69) is 0 Å². The second-order valence-electron chi connectivity index (χ2n) is 13.5. The molecular formula is C35H38FNO7. The Morgan fingerprint density at radius 3 is 2.66 bits per heavy atom. The van der Waals surface area contributed by atoms with Gasteiger partial charge in [-0.15, -0.1) is 0 Å². The van der Waals surface area contributed by atoms with Gasteiger partial charge >= 0.3 is 0 Å². The van der Waals surface area contributed by atoms with Crippen LogP contribution in [0.4, 0.5) is 10.1 Å². The number of aliphatic hydroxyl groups excluding tert-OH is 2. The van der Waals surface area contributed by atoms with E-state index >= 15 is 4.39 Å². The molecule has 0 bridgehead atoms. The number of nitrogens with two attached hydrogens (primary N) is 1. The third-order valence-corrected chi connectivity index (χ3v) is 11.4. The average molecular weight is 604 g/mol. The lowest BCUT2D eigenvalue weighted by Gasteiger charge is -2.62. The van der Waals surface area contributed by atoms with Gasteiger partial charge in [0.2, 0.25) is 0 Å². The predicted molar refractivity (Wildman–Crippen MR) is 159 cm³/mol. The van der Waals surface area contributed by atoms with Gasteiger partial charge in [-0.05, 0) is 80.5 Å². The topological polar surface area (TPSA) is 128 Å². The van der Waals surface area contributed by atoms with E-state index in [4.69, 9.17) is 19.9 Å². The number of halogens is 1. The summed E-state index contributed by atoms with van der Waals surface area (Å²) in [5.74, 6) is -1.03. The number of fused-ring (bicyclic) bond motifs is 7. The summed E-state index contributed by atoms with van der Waals surface area (Å²) < 4.78 is 36.5. The van der Waals surface area contributed by atoms with Gasteiger partial charge in [0.15, 0.2) is 29.1 Å². The van der Waals surface area contributed by atoms with Gasteiger partial charge in [-0.3, -0.25) is 9.59 Å². The van der Waals surface area contributed by atoms with Crippen LogP contribution in [0.5, 0.6) is 5.75 Å². The molecule has 4 aliphatic carbocycles. The monoisotopic (exact) mass is 603 g/mol. The van der Waals surface area contributed by atoms with E-state index in [1.54, 1.807) is 25.1 Å². The number of nitrogen functional groups attached to an aromatic ring is 1. The molecule has 1 aliphatic heterocycles. The Morgan fingerprint density at radius 1 is 1.16 bits per heavy atom. The lowest BCUT2D eigenvalue weighted by atomic mass is 9.44. The Hall–Kier alpha value is -3.37. The van der Waals surface area contributed by atoms with Crippen LogP contribution in [0.2, 0.25) is 0 Å². The summed E-state index contributed by atoms with van der Waals surface area (Å²) >= 11 is 0. The maximum absolute atomic E-state index is 17.5. The highest BCUT2D eigenvalue weighted by Crippen LogP contribution is 2.72. The van der Waals surface area contributed by atoms with Crippen molar-refractivity contribution in [2.24, 2.45) is 22.7 Å². The molecule has 8 nitrogen and oxygen atoms in total. The number of allylic oxidation sites excluding steroid dienone is 4. The summed E-state index contributed by atoms with van der Waals surface area (Å²) in [6.07, 6.45) is 2.69. The van der Waals surface area contributed by atoms with E-state index in [1.807, 2.05) is 43.3 Å². The van der Waals surface area contributed by atoms with E-state index in [9.17, 15) is 19.8 Å². The van der Waals surface area contributed by atoms with Crippen LogP contribution >= 0.6 is 0 Å². The highest BCUT2D eigenvalue weighted by molar-refractivity contribution is 6.01. The minimum atomic E-state index is -2.04. The van der Waals surface area contributed by atoms with Crippen molar-refractivity contribution in [1.82, 2.24) is 0 Å². The molecule has 7 rings (SSSR count). The number of anilines is 1. The molecule has 1 saturated heterocycles. The van der Waals surface area contributed by atoms with Crippen molar-refractivity contribution < 1.29 is 38.4 Å². The zero-order chi connectivity index (χ0) is 31.1. The number of carbonyl (C=O) groups is 2. The number of carbonyl (C=O) groups excluding carboxylic acids is 2. The number of benzene rings is 2. The van der Waals surface area contributed by atoms with Crippen LogP contribution < -0.4 is 10.5 Å². The van der Waals surface area contributed by atoms with Gasteiger partial charge in [0, 0.05) is 28.0 Å². The normalized spacial score (nSPS) is 40.4. The van der Waals surface area contributed by atoms with Crippen molar-refractivity contribution in [2.45, 2.75) is 75.9 Å². The highest BCUT2D eigenvalue weighted by Gasteiger charge is 2.79. The van der Waals surface area contributed by atoms with Crippen LogP contribution in [0.15, 0.2) is 72.3 Å². The molecule has 232 valence electrons. The summed E-state index contributed by atoms with van der Waals surface area (Å²) in [6, 6.07) is 14.7. The molecule has 0 radical (unpaired) electrons. The molecule has 5 aliphatic rings. The van der Waals surface area contributed by atoms with Crippen molar-refractivity contribution in [2.75, 3.05) is 12.3 Å². The molecule has 2 aromatic rings. The largest absolute Gasteiger partial charge is 0.489 e. The second kappa shape index (κ2) is 10.1. The number of alkyl halides is 1. The summed E-state index contributed by atoms with van der Waals surface area (Å²) in [7, 11) is 0. The van der Waals surface area contributed by atoms with E-state index < -0.39 is 58.9 Å². The third kappa shape index (κ3) is 3.89. The van der Waals surface area contributed by atoms with Gasteiger partial charge in [0.1, 0.15) is 19.0 Å². The van der Waals surface area contributed by atoms with Crippen molar-refractivity contribution in [1.29, 1.82) is 0 Å². The lowest BCUT2D eigenvalue weighted by Crippen LogP contribution is -2.69. The SMILES string of the molecule is C[C@]12C=CC(=O)C=C1CC[C@H]1[C@@H]3C[C@H]4O[C@@H](c5ccc(OCc6cccc(N)c6)cc5)O[C@@]4(C(=O)CO)[C@@]3(C)C[C@H](O)[C@@]12F. The fourth-order valence-corrected chi connectivity index (χ4v) is 9.29. The number of hydrogen-bond donors (Lipinski definition) is 3. The van der Waals surface area contributed by atoms with Gasteiger partial charge in [0.05, 0.1) is 12.2 Å². The van der Waals surface area contributed by atoms with E-state index in [0.717, 1.165) is 5.56 Å². The summed E-state index contributed by atoms with van der Waals surface area (Å²) in [4.78, 5) is 25.8. The van der Waals surface area contributed by atoms with Gasteiger partial charge in [-0.25, -0.2) is 4.39 Å².